The Hall–Kier alpha value is -0.840. The molecule has 0 aliphatic rings. The molecule has 2 unspecified atom stereocenters. The lowest BCUT2D eigenvalue weighted by molar-refractivity contribution is -0.134. The standard InChI is InChI=1S/C13H21N3O.2ClH/c1-10(11(2)14)13(17)16(3)9-6-12-4-7-15-8-5-12;;/h4-5,7-8,10-11H,6,9,14H2,1-3H3;2*1H. The molecule has 0 aliphatic carbocycles. The van der Waals surface area contributed by atoms with Gasteiger partial charge in [-0.2, -0.15) is 0 Å². The minimum Gasteiger partial charge on any atom is -0.345 e. The van der Waals surface area contributed by atoms with E-state index in [1.54, 1.807) is 17.3 Å². The molecule has 1 heterocycles. The predicted molar refractivity (Wildman–Crippen MR) is 82.9 cm³/mol. The number of likely N-dealkylation sites (N-methyl/N-ethyl adjacent to an activating group) is 1. The van der Waals surface area contributed by atoms with E-state index in [-0.39, 0.29) is 42.7 Å². The van der Waals surface area contributed by atoms with Crippen molar-refractivity contribution in [3.63, 3.8) is 0 Å². The summed E-state index contributed by atoms with van der Waals surface area (Å²) in [5, 5.41) is 0. The third kappa shape index (κ3) is 6.76. The number of amides is 1. The van der Waals surface area contributed by atoms with Crippen LogP contribution in [0.1, 0.15) is 19.4 Å². The van der Waals surface area contributed by atoms with Crippen molar-refractivity contribution in [2.45, 2.75) is 26.3 Å². The molecule has 1 amide bonds. The lowest BCUT2D eigenvalue weighted by Gasteiger charge is -2.23. The number of rotatable bonds is 5. The van der Waals surface area contributed by atoms with Gasteiger partial charge in [-0.25, -0.2) is 0 Å². The van der Waals surface area contributed by atoms with E-state index in [4.69, 9.17) is 5.73 Å². The summed E-state index contributed by atoms with van der Waals surface area (Å²) in [5.74, 6) is -0.0218. The number of nitrogens with two attached hydrogens (primary N) is 1. The molecule has 2 N–H and O–H groups in total. The largest absolute Gasteiger partial charge is 0.345 e. The molecule has 0 aliphatic heterocycles. The molecular formula is C13H23Cl2N3O. The Balaban J connectivity index is 0. The Bertz CT molecular complexity index is 360. The molecule has 1 aromatic rings. The molecular weight excluding hydrogens is 285 g/mol. The van der Waals surface area contributed by atoms with Gasteiger partial charge in [-0.15, -0.1) is 24.8 Å². The summed E-state index contributed by atoms with van der Waals surface area (Å²) < 4.78 is 0. The van der Waals surface area contributed by atoms with E-state index in [2.05, 4.69) is 4.98 Å². The normalized spacial score (nSPS) is 12.6. The van der Waals surface area contributed by atoms with Crippen LogP contribution < -0.4 is 5.73 Å². The number of hydrogen-bond acceptors (Lipinski definition) is 3. The highest BCUT2D eigenvalue weighted by molar-refractivity contribution is 5.85. The summed E-state index contributed by atoms with van der Waals surface area (Å²) in [4.78, 5) is 17.6. The number of aromatic nitrogens is 1. The molecule has 19 heavy (non-hydrogen) atoms. The molecule has 110 valence electrons. The average Bonchev–Trinajstić information content (AvgIpc) is 2.35. The van der Waals surface area contributed by atoms with E-state index in [9.17, 15) is 4.79 Å². The van der Waals surface area contributed by atoms with Crippen molar-refractivity contribution >= 4 is 30.7 Å². The van der Waals surface area contributed by atoms with Gasteiger partial charge in [0.15, 0.2) is 0 Å². The Morgan fingerprint density at radius 1 is 1.32 bits per heavy atom. The second-order valence-corrected chi connectivity index (χ2v) is 4.51. The Morgan fingerprint density at radius 3 is 2.32 bits per heavy atom. The minimum atomic E-state index is -0.127. The molecule has 2 atom stereocenters. The monoisotopic (exact) mass is 307 g/mol. The van der Waals surface area contributed by atoms with Crippen molar-refractivity contribution in [3.8, 4) is 0 Å². The molecule has 0 spiro atoms. The molecule has 0 aromatic carbocycles. The van der Waals surface area contributed by atoms with Crippen molar-refractivity contribution in [1.29, 1.82) is 0 Å². The zero-order valence-electron chi connectivity index (χ0n) is 11.6. The SMILES string of the molecule is CC(N)C(C)C(=O)N(C)CCc1ccncc1.Cl.Cl. The molecule has 1 rings (SSSR count). The number of carbonyl (C=O) groups is 1. The first kappa shape index (κ1) is 20.5. The number of nitrogens with zero attached hydrogens (tertiary/aromatic N) is 2. The maximum Gasteiger partial charge on any atom is 0.226 e. The zero-order chi connectivity index (χ0) is 12.8. The van der Waals surface area contributed by atoms with Gasteiger partial charge in [-0.3, -0.25) is 9.78 Å². The molecule has 0 radical (unpaired) electrons. The van der Waals surface area contributed by atoms with Gasteiger partial charge >= 0.3 is 0 Å². The molecule has 0 bridgehead atoms. The first-order valence-electron chi connectivity index (χ1n) is 5.92. The molecule has 0 saturated carbocycles. The Labute approximate surface area is 127 Å². The van der Waals surface area contributed by atoms with Crippen LogP contribution in [0.4, 0.5) is 0 Å². The maximum absolute atomic E-state index is 11.9. The lowest BCUT2D eigenvalue weighted by Crippen LogP contribution is -2.40. The van der Waals surface area contributed by atoms with Crippen molar-refractivity contribution < 1.29 is 4.79 Å². The molecule has 1 aromatic heterocycles. The first-order valence-corrected chi connectivity index (χ1v) is 5.92. The van der Waals surface area contributed by atoms with Gasteiger partial charge < -0.3 is 10.6 Å². The highest BCUT2D eigenvalue weighted by Crippen LogP contribution is 2.06. The number of pyridine rings is 1. The fraction of sp³-hybridized carbons (Fsp3) is 0.538. The second kappa shape index (κ2) is 10.0. The van der Waals surface area contributed by atoms with Gasteiger partial charge in [-0.05, 0) is 31.0 Å². The van der Waals surface area contributed by atoms with Gasteiger partial charge in [0.2, 0.25) is 5.91 Å². The van der Waals surface area contributed by atoms with Crippen LogP contribution in [0.5, 0.6) is 0 Å². The van der Waals surface area contributed by atoms with E-state index in [1.165, 1.54) is 5.56 Å². The van der Waals surface area contributed by atoms with Crippen molar-refractivity contribution in [1.82, 2.24) is 9.88 Å². The van der Waals surface area contributed by atoms with Crippen LogP contribution in [0.2, 0.25) is 0 Å². The molecule has 6 heteroatoms. The summed E-state index contributed by atoms with van der Waals surface area (Å²) in [7, 11) is 1.82. The molecule has 0 fully saturated rings. The van der Waals surface area contributed by atoms with Crippen LogP contribution >= 0.6 is 24.8 Å². The van der Waals surface area contributed by atoms with Gasteiger partial charge in [-0.1, -0.05) is 6.92 Å². The fourth-order valence-corrected chi connectivity index (χ4v) is 1.53. The quantitative estimate of drug-likeness (QED) is 0.904. The van der Waals surface area contributed by atoms with E-state index in [0.29, 0.717) is 6.54 Å². The number of carbonyl (C=O) groups excluding carboxylic acids is 1. The zero-order valence-corrected chi connectivity index (χ0v) is 13.2. The molecule has 4 nitrogen and oxygen atoms in total. The molecule has 0 saturated heterocycles. The van der Waals surface area contributed by atoms with Crippen LogP contribution in [0.3, 0.4) is 0 Å². The van der Waals surface area contributed by atoms with E-state index < -0.39 is 0 Å². The van der Waals surface area contributed by atoms with E-state index in [1.807, 2.05) is 33.0 Å². The van der Waals surface area contributed by atoms with Crippen LogP contribution in [0.25, 0.3) is 0 Å². The number of hydrogen-bond donors (Lipinski definition) is 1. The Morgan fingerprint density at radius 2 is 1.84 bits per heavy atom. The first-order chi connectivity index (χ1) is 8.02. The van der Waals surface area contributed by atoms with Gasteiger partial charge in [0.25, 0.3) is 0 Å². The van der Waals surface area contributed by atoms with Crippen molar-refractivity contribution in [2.24, 2.45) is 11.7 Å². The highest BCUT2D eigenvalue weighted by atomic mass is 35.5. The van der Waals surface area contributed by atoms with E-state index in [0.717, 1.165) is 6.42 Å². The summed E-state index contributed by atoms with van der Waals surface area (Å²) in [6, 6.07) is 3.83. The highest BCUT2D eigenvalue weighted by Gasteiger charge is 2.20. The topological polar surface area (TPSA) is 59.2 Å². The van der Waals surface area contributed by atoms with Gasteiger partial charge in [0.1, 0.15) is 0 Å². The fourth-order valence-electron chi connectivity index (χ4n) is 1.53. The number of halogens is 2. The van der Waals surface area contributed by atoms with Crippen LogP contribution in [-0.2, 0) is 11.2 Å². The summed E-state index contributed by atoms with van der Waals surface area (Å²) in [6.45, 7) is 4.44. The van der Waals surface area contributed by atoms with Crippen LogP contribution in [0.15, 0.2) is 24.5 Å². The van der Waals surface area contributed by atoms with Crippen molar-refractivity contribution in [2.75, 3.05) is 13.6 Å². The summed E-state index contributed by atoms with van der Waals surface area (Å²) in [6.07, 6.45) is 4.37. The maximum atomic E-state index is 11.9. The van der Waals surface area contributed by atoms with Crippen LogP contribution in [0, 0.1) is 5.92 Å². The van der Waals surface area contributed by atoms with Crippen LogP contribution in [-0.4, -0.2) is 35.4 Å². The third-order valence-corrected chi connectivity index (χ3v) is 3.04. The van der Waals surface area contributed by atoms with E-state index >= 15 is 0 Å². The second-order valence-electron chi connectivity index (χ2n) is 4.51. The average molecular weight is 308 g/mol. The predicted octanol–water partition coefficient (Wildman–Crippen LogP) is 1.91. The summed E-state index contributed by atoms with van der Waals surface area (Å²) >= 11 is 0. The van der Waals surface area contributed by atoms with Crippen molar-refractivity contribution in [3.05, 3.63) is 30.1 Å². The smallest absolute Gasteiger partial charge is 0.226 e. The lowest BCUT2D eigenvalue weighted by atomic mass is 10.0. The Kier molecular flexibility index (Phi) is 10.8. The van der Waals surface area contributed by atoms with Gasteiger partial charge in [0.05, 0.1) is 5.92 Å². The minimum absolute atomic E-state index is 0. The van der Waals surface area contributed by atoms with Gasteiger partial charge in [0, 0.05) is 32.0 Å². The third-order valence-electron chi connectivity index (χ3n) is 3.04. The summed E-state index contributed by atoms with van der Waals surface area (Å²) in [5.41, 5.74) is 6.91.